The van der Waals surface area contributed by atoms with E-state index >= 15 is 0 Å². The highest BCUT2D eigenvalue weighted by Gasteiger charge is 2.34. The summed E-state index contributed by atoms with van der Waals surface area (Å²) in [5.41, 5.74) is 2.17. The second-order valence-corrected chi connectivity index (χ2v) is 7.28. The van der Waals surface area contributed by atoms with E-state index < -0.39 is 0 Å². The predicted octanol–water partition coefficient (Wildman–Crippen LogP) is 4.46. The van der Waals surface area contributed by atoms with E-state index in [1.54, 1.807) is 18.3 Å². The Hall–Kier alpha value is -2.17. The van der Waals surface area contributed by atoms with Crippen molar-refractivity contribution in [3.05, 3.63) is 42.0 Å². The van der Waals surface area contributed by atoms with Gasteiger partial charge in [-0.2, -0.15) is 5.10 Å². The maximum Gasteiger partial charge on any atom is 0.223 e. The minimum absolute atomic E-state index is 0.0222. The van der Waals surface area contributed by atoms with E-state index in [2.05, 4.69) is 10.2 Å². The molecule has 1 saturated heterocycles. The van der Waals surface area contributed by atoms with Crippen molar-refractivity contribution in [2.45, 2.75) is 51.0 Å². The molecule has 2 aromatic rings. The molecule has 1 aromatic heterocycles. The summed E-state index contributed by atoms with van der Waals surface area (Å²) in [6.45, 7) is 0.784. The summed E-state index contributed by atoms with van der Waals surface area (Å²) in [7, 11) is 0. The first kappa shape index (κ1) is 16.3. The van der Waals surface area contributed by atoms with E-state index in [-0.39, 0.29) is 17.8 Å². The summed E-state index contributed by atoms with van der Waals surface area (Å²) in [4.78, 5) is 14.8. The highest BCUT2D eigenvalue weighted by atomic mass is 19.1. The molecular weight excluding hydrogens is 317 g/mol. The third kappa shape index (κ3) is 3.20. The van der Waals surface area contributed by atoms with Crippen LogP contribution in [0.2, 0.25) is 0 Å². The number of hydrogen-bond donors (Lipinski definition) is 1. The number of halogens is 1. The first-order chi connectivity index (χ1) is 12.2. The number of benzene rings is 1. The smallest absolute Gasteiger partial charge is 0.223 e. The van der Waals surface area contributed by atoms with Crippen molar-refractivity contribution in [1.82, 2.24) is 15.1 Å². The lowest BCUT2D eigenvalue weighted by molar-refractivity contribution is -0.133. The third-order valence-electron chi connectivity index (χ3n) is 5.68. The molecule has 1 amide bonds. The Bertz CT molecular complexity index is 751. The van der Waals surface area contributed by atoms with Crippen LogP contribution in [-0.2, 0) is 4.79 Å². The van der Waals surface area contributed by atoms with Crippen LogP contribution >= 0.6 is 0 Å². The van der Waals surface area contributed by atoms with E-state index in [4.69, 9.17) is 0 Å². The number of aromatic amines is 1. The number of likely N-dealkylation sites (tertiary alicyclic amines) is 1. The summed E-state index contributed by atoms with van der Waals surface area (Å²) in [5.74, 6) is 0.525. The fourth-order valence-corrected chi connectivity index (χ4v) is 4.39. The maximum absolute atomic E-state index is 14.2. The molecule has 5 heteroatoms. The number of rotatable bonds is 4. The summed E-state index contributed by atoms with van der Waals surface area (Å²) in [6, 6.07) is 6.72. The molecule has 0 spiro atoms. The first-order valence-electron chi connectivity index (χ1n) is 9.31. The molecule has 1 atom stereocenters. The number of hydrogen-bond acceptors (Lipinski definition) is 2. The molecule has 2 aliphatic rings. The zero-order valence-electron chi connectivity index (χ0n) is 14.4. The minimum Gasteiger partial charge on any atom is -0.334 e. The average molecular weight is 341 g/mol. The summed E-state index contributed by atoms with van der Waals surface area (Å²) in [5, 5.41) is 7.19. The number of nitrogens with zero attached hydrogens (tertiary/aromatic N) is 2. The fourth-order valence-electron chi connectivity index (χ4n) is 4.39. The molecule has 4 rings (SSSR count). The van der Waals surface area contributed by atoms with Crippen molar-refractivity contribution < 1.29 is 9.18 Å². The van der Waals surface area contributed by atoms with Gasteiger partial charge in [0.25, 0.3) is 0 Å². The van der Waals surface area contributed by atoms with Crippen LogP contribution in [0, 0.1) is 11.7 Å². The van der Waals surface area contributed by atoms with E-state index in [1.165, 1.54) is 31.7 Å². The van der Waals surface area contributed by atoms with Crippen LogP contribution in [-0.4, -0.2) is 27.5 Å². The summed E-state index contributed by atoms with van der Waals surface area (Å²) >= 11 is 0. The number of nitrogens with one attached hydrogen (secondary N) is 1. The zero-order valence-corrected chi connectivity index (χ0v) is 14.4. The van der Waals surface area contributed by atoms with Crippen molar-refractivity contribution in [3.8, 4) is 11.1 Å². The van der Waals surface area contributed by atoms with Gasteiger partial charge in [0.15, 0.2) is 0 Å². The van der Waals surface area contributed by atoms with Gasteiger partial charge in [0.05, 0.1) is 17.9 Å². The molecule has 2 fully saturated rings. The molecule has 132 valence electrons. The topological polar surface area (TPSA) is 49.0 Å². The van der Waals surface area contributed by atoms with Crippen molar-refractivity contribution in [2.24, 2.45) is 5.92 Å². The average Bonchev–Trinajstić information content (AvgIpc) is 3.36. The fraction of sp³-hybridized carbons (Fsp3) is 0.500. The van der Waals surface area contributed by atoms with Gasteiger partial charge in [-0.1, -0.05) is 31.0 Å². The largest absolute Gasteiger partial charge is 0.334 e. The molecule has 0 unspecified atom stereocenters. The molecule has 0 bridgehead atoms. The molecule has 1 aromatic carbocycles. The SMILES string of the molecule is O=C(CC1CCCC1)N1CCC[C@H]1c1[nH]ncc1-c1ccccc1F. The summed E-state index contributed by atoms with van der Waals surface area (Å²) < 4.78 is 14.2. The zero-order chi connectivity index (χ0) is 17.2. The molecule has 2 heterocycles. The van der Waals surface area contributed by atoms with Crippen molar-refractivity contribution in [3.63, 3.8) is 0 Å². The highest BCUT2D eigenvalue weighted by molar-refractivity contribution is 5.78. The van der Waals surface area contributed by atoms with Gasteiger partial charge in [0.2, 0.25) is 5.91 Å². The molecular formula is C20H24FN3O. The van der Waals surface area contributed by atoms with Gasteiger partial charge in [0, 0.05) is 24.1 Å². The Kier molecular flexibility index (Phi) is 4.55. The number of carbonyl (C=O) groups excluding carboxylic acids is 1. The Morgan fingerprint density at radius 2 is 1.96 bits per heavy atom. The molecule has 4 nitrogen and oxygen atoms in total. The quantitative estimate of drug-likeness (QED) is 0.892. The van der Waals surface area contributed by atoms with Gasteiger partial charge in [-0.25, -0.2) is 4.39 Å². The van der Waals surface area contributed by atoms with Crippen LogP contribution < -0.4 is 0 Å². The van der Waals surface area contributed by atoms with E-state index in [0.29, 0.717) is 17.9 Å². The third-order valence-corrected chi connectivity index (χ3v) is 5.68. The number of carbonyl (C=O) groups is 1. The number of H-pyrrole nitrogens is 1. The monoisotopic (exact) mass is 341 g/mol. The van der Waals surface area contributed by atoms with E-state index in [1.807, 2.05) is 11.0 Å². The lowest BCUT2D eigenvalue weighted by Gasteiger charge is -2.26. The van der Waals surface area contributed by atoms with Crippen LogP contribution in [0.1, 0.15) is 56.7 Å². The van der Waals surface area contributed by atoms with E-state index in [0.717, 1.165) is 30.6 Å². The first-order valence-corrected chi connectivity index (χ1v) is 9.31. The number of amides is 1. The molecule has 1 saturated carbocycles. The van der Waals surface area contributed by atoms with Crippen LogP contribution in [0.5, 0.6) is 0 Å². The van der Waals surface area contributed by atoms with Crippen molar-refractivity contribution in [1.29, 1.82) is 0 Å². The van der Waals surface area contributed by atoms with Gasteiger partial charge >= 0.3 is 0 Å². The predicted molar refractivity (Wildman–Crippen MR) is 94.2 cm³/mol. The molecule has 1 aliphatic carbocycles. The van der Waals surface area contributed by atoms with Crippen LogP contribution in [0.25, 0.3) is 11.1 Å². The lowest BCUT2D eigenvalue weighted by atomic mass is 9.99. The number of aromatic nitrogens is 2. The summed E-state index contributed by atoms with van der Waals surface area (Å²) in [6.07, 6.45) is 9.06. The molecule has 1 aliphatic heterocycles. The molecule has 1 N–H and O–H groups in total. The Morgan fingerprint density at radius 1 is 1.16 bits per heavy atom. The molecule has 25 heavy (non-hydrogen) atoms. The van der Waals surface area contributed by atoms with Gasteiger partial charge in [-0.3, -0.25) is 9.89 Å². The van der Waals surface area contributed by atoms with Gasteiger partial charge in [-0.05, 0) is 37.7 Å². The van der Waals surface area contributed by atoms with Crippen molar-refractivity contribution >= 4 is 5.91 Å². The van der Waals surface area contributed by atoms with Gasteiger partial charge in [-0.15, -0.1) is 0 Å². The highest BCUT2D eigenvalue weighted by Crippen LogP contribution is 2.38. The van der Waals surface area contributed by atoms with Crippen LogP contribution in [0.4, 0.5) is 4.39 Å². The molecule has 0 radical (unpaired) electrons. The van der Waals surface area contributed by atoms with Gasteiger partial charge < -0.3 is 4.90 Å². The second-order valence-electron chi connectivity index (χ2n) is 7.28. The Balaban J connectivity index is 1.58. The Labute approximate surface area is 147 Å². The van der Waals surface area contributed by atoms with Crippen LogP contribution in [0.3, 0.4) is 0 Å². The lowest BCUT2D eigenvalue weighted by Crippen LogP contribution is -2.32. The standard InChI is InChI=1S/C20H24FN3O/c21-17-9-4-3-8-15(17)16-13-22-23-20(16)18-10-5-11-24(18)19(25)12-14-6-1-2-7-14/h3-4,8-9,13-14,18H,1-2,5-7,10-12H2,(H,22,23)/t18-/m0/s1. The van der Waals surface area contributed by atoms with Gasteiger partial charge in [0.1, 0.15) is 5.82 Å². The Morgan fingerprint density at radius 3 is 2.76 bits per heavy atom. The van der Waals surface area contributed by atoms with E-state index in [9.17, 15) is 9.18 Å². The second kappa shape index (κ2) is 6.98. The van der Waals surface area contributed by atoms with Crippen molar-refractivity contribution in [2.75, 3.05) is 6.54 Å². The normalized spacial score (nSPS) is 21.2. The minimum atomic E-state index is -0.257. The van der Waals surface area contributed by atoms with Crippen LogP contribution in [0.15, 0.2) is 30.5 Å². The maximum atomic E-state index is 14.2.